The molecule has 0 aromatic carbocycles. The molecule has 1 aromatic heterocycles. The molecule has 5 heteroatoms. The monoisotopic (exact) mass is 343 g/mol. The summed E-state index contributed by atoms with van der Waals surface area (Å²) in [4.78, 5) is 33.1. The van der Waals surface area contributed by atoms with Crippen LogP contribution in [0.4, 0.5) is 0 Å². The van der Waals surface area contributed by atoms with E-state index in [-0.39, 0.29) is 18.4 Å². The molecule has 0 aliphatic carbocycles. The molecule has 3 heterocycles. The van der Waals surface area contributed by atoms with Gasteiger partial charge in [0.1, 0.15) is 0 Å². The number of nitrogens with zero attached hydrogens (tertiary/aromatic N) is 3. The van der Waals surface area contributed by atoms with Gasteiger partial charge in [0.15, 0.2) is 0 Å². The minimum atomic E-state index is 0.108. The Morgan fingerprint density at radius 1 is 1.20 bits per heavy atom. The van der Waals surface area contributed by atoms with Crippen molar-refractivity contribution in [2.45, 2.75) is 51.9 Å². The van der Waals surface area contributed by atoms with Gasteiger partial charge in [-0.25, -0.2) is 0 Å². The molecule has 2 saturated heterocycles. The van der Waals surface area contributed by atoms with E-state index in [1.807, 2.05) is 24.0 Å². The SMILES string of the molecule is Cc1cccc(CC2CCCN(C(=O)CN3CCCCCC3=O)C2)n1. The average molecular weight is 343 g/mol. The van der Waals surface area contributed by atoms with Gasteiger partial charge in [-0.1, -0.05) is 12.5 Å². The van der Waals surface area contributed by atoms with Gasteiger partial charge < -0.3 is 9.80 Å². The minimum absolute atomic E-state index is 0.108. The Bertz CT molecular complexity index is 617. The van der Waals surface area contributed by atoms with E-state index in [0.29, 0.717) is 12.3 Å². The van der Waals surface area contributed by atoms with Crippen molar-refractivity contribution in [3.8, 4) is 0 Å². The zero-order valence-corrected chi connectivity index (χ0v) is 15.2. The van der Waals surface area contributed by atoms with Crippen LogP contribution in [0.5, 0.6) is 0 Å². The number of piperidine rings is 1. The van der Waals surface area contributed by atoms with Gasteiger partial charge in [0, 0.05) is 37.4 Å². The quantitative estimate of drug-likeness (QED) is 0.844. The molecular weight excluding hydrogens is 314 g/mol. The molecule has 2 fully saturated rings. The third-order valence-corrected chi connectivity index (χ3v) is 5.31. The van der Waals surface area contributed by atoms with Crippen LogP contribution in [0.3, 0.4) is 0 Å². The summed E-state index contributed by atoms with van der Waals surface area (Å²) in [5.74, 6) is 0.715. The fourth-order valence-corrected chi connectivity index (χ4v) is 3.94. The Labute approximate surface area is 150 Å². The van der Waals surface area contributed by atoms with Crippen molar-refractivity contribution in [3.05, 3.63) is 29.6 Å². The number of amides is 2. The first-order valence-corrected chi connectivity index (χ1v) is 9.60. The van der Waals surface area contributed by atoms with Crippen LogP contribution in [0.15, 0.2) is 18.2 Å². The summed E-state index contributed by atoms with van der Waals surface area (Å²) in [6.07, 6.45) is 6.76. The number of hydrogen-bond acceptors (Lipinski definition) is 3. The van der Waals surface area contributed by atoms with E-state index in [2.05, 4.69) is 11.1 Å². The lowest BCUT2D eigenvalue weighted by atomic mass is 9.93. The van der Waals surface area contributed by atoms with Crippen LogP contribution in [0.1, 0.15) is 49.9 Å². The Hall–Kier alpha value is -1.91. The maximum absolute atomic E-state index is 12.7. The molecule has 136 valence electrons. The van der Waals surface area contributed by atoms with Gasteiger partial charge in [-0.2, -0.15) is 0 Å². The second-order valence-electron chi connectivity index (χ2n) is 7.45. The Balaban J connectivity index is 1.55. The van der Waals surface area contributed by atoms with E-state index in [4.69, 9.17) is 0 Å². The van der Waals surface area contributed by atoms with E-state index >= 15 is 0 Å². The number of pyridine rings is 1. The zero-order chi connectivity index (χ0) is 17.6. The lowest BCUT2D eigenvalue weighted by Gasteiger charge is -2.34. The number of aryl methyl sites for hydroxylation is 1. The van der Waals surface area contributed by atoms with E-state index in [9.17, 15) is 9.59 Å². The number of rotatable bonds is 4. The fourth-order valence-electron chi connectivity index (χ4n) is 3.94. The first-order valence-electron chi connectivity index (χ1n) is 9.60. The summed E-state index contributed by atoms with van der Waals surface area (Å²) in [5, 5.41) is 0. The molecule has 0 radical (unpaired) electrons. The maximum atomic E-state index is 12.7. The maximum Gasteiger partial charge on any atom is 0.242 e. The van der Waals surface area contributed by atoms with Crippen molar-refractivity contribution in [1.82, 2.24) is 14.8 Å². The van der Waals surface area contributed by atoms with Gasteiger partial charge in [-0.15, -0.1) is 0 Å². The standard InChI is InChI=1S/C20H29N3O2/c1-16-7-5-9-18(21-16)13-17-8-6-12-22(14-17)20(25)15-23-11-4-2-3-10-19(23)24/h5,7,9,17H,2-4,6,8,10-15H2,1H3. The molecule has 0 N–H and O–H groups in total. The van der Waals surface area contributed by atoms with E-state index in [1.54, 1.807) is 4.90 Å². The molecular formula is C20H29N3O2. The van der Waals surface area contributed by atoms with Crippen LogP contribution in [-0.2, 0) is 16.0 Å². The van der Waals surface area contributed by atoms with Crippen molar-refractivity contribution in [3.63, 3.8) is 0 Å². The summed E-state index contributed by atoms with van der Waals surface area (Å²) in [6.45, 7) is 4.61. The molecule has 2 aliphatic heterocycles. The summed E-state index contributed by atoms with van der Waals surface area (Å²) in [7, 11) is 0. The number of aromatic nitrogens is 1. The van der Waals surface area contributed by atoms with Crippen molar-refractivity contribution >= 4 is 11.8 Å². The molecule has 1 atom stereocenters. The van der Waals surface area contributed by atoms with Gasteiger partial charge in [-0.05, 0) is 57.1 Å². The highest BCUT2D eigenvalue weighted by Crippen LogP contribution is 2.21. The molecule has 0 bridgehead atoms. The third kappa shape index (κ3) is 5.03. The largest absolute Gasteiger partial charge is 0.341 e. The third-order valence-electron chi connectivity index (χ3n) is 5.31. The predicted molar refractivity (Wildman–Crippen MR) is 97.0 cm³/mol. The van der Waals surface area contributed by atoms with Crippen LogP contribution in [0.2, 0.25) is 0 Å². The number of hydrogen-bond donors (Lipinski definition) is 0. The summed E-state index contributed by atoms with van der Waals surface area (Å²) in [5.41, 5.74) is 2.16. The molecule has 5 nitrogen and oxygen atoms in total. The molecule has 0 saturated carbocycles. The van der Waals surface area contributed by atoms with E-state index in [0.717, 1.165) is 69.5 Å². The van der Waals surface area contributed by atoms with Crippen molar-refractivity contribution in [1.29, 1.82) is 0 Å². The minimum Gasteiger partial charge on any atom is -0.341 e. The number of carbonyl (C=O) groups excluding carboxylic acids is 2. The first kappa shape index (κ1) is 17.9. The van der Waals surface area contributed by atoms with Crippen LogP contribution in [0, 0.1) is 12.8 Å². The smallest absolute Gasteiger partial charge is 0.242 e. The second-order valence-corrected chi connectivity index (χ2v) is 7.45. The van der Waals surface area contributed by atoms with Gasteiger partial charge in [0.25, 0.3) is 0 Å². The molecule has 25 heavy (non-hydrogen) atoms. The Morgan fingerprint density at radius 3 is 2.92 bits per heavy atom. The highest BCUT2D eigenvalue weighted by Gasteiger charge is 2.27. The first-order chi connectivity index (χ1) is 12.1. The van der Waals surface area contributed by atoms with Gasteiger partial charge in [0.05, 0.1) is 6.54 Å². The molecule has 3 rings (SSSR count). The van der Waals surface area contributed by atoms with Crippen LogP contribution >= 0.6 is 0 Å². The summed E-state index contributed by atoms with van der Waals surface area (Å²) in [6, 6.07) is 6.14. The van der Waals surface area contributed by atoms with Crippen LogP contribution in [0.25, 0.3) is 0 Å². The zero-order valence-electron chi connectivity index (χ0n) is 15.2. The van der Waals surface area contributed by atoms with E-state index in [1.165, 1.54) is 0 Å². The number of likely N-dealkylation sites (tertiary alicyclic amines) is 2. The molecule has 2 amide bonds. The van der Waals surface area contributed by atoms with Gasteiger partial charge in [0.2, 0.25) is 11.8 Å². The topological polar surface area (TPSA) is 53.5 Å². The van der Waals surface area contributed by atoms with Crippen LogP contribution < -0.4 is 0 Å². The van der Waals surface area contributed by atoms with Crippen molar-refractivity contribution < 1.29 is 9.59 Å². The summed E-state index contributed by atoms with van der Waals surface area (Å²) < 4.78 is 0. The highest BCUT2D eigenvalue weighted by atomic mass is 16.2. The number of carbonyl (C=O) groups is 2. The lowest BCUT2D eigenvalue weighted by molar-refractivity contribution is -0.141. The average Bonchev–Trinajstić information content (AvgIpc) is 2.80. The predicted octanol–water partition coefficient (Wildman–Crippen LogP) is 2.57. The Kier molecular flexibility index (Phi) is 6.05. The normalized spacial score (nSPS) is 22.0. The van der Waals surface area contributed by atoms with Gasteiger partial charge >= 0.3 is 0 Å². The Morgan fingerprint density at radius 2 is 2.08 bits per heavy atom. The lowest BCUT2D eigenvalue weighted by Crippen LogP contribution is -2.46. The van der Waals surface area contributed by atoms with E-state index < -0.39 is 0 Å². The second kappa shape index (κ2) is 8.45. The highest BCUT2D eigenvalue weighted by molar-refractivity contribution is 5.85. The summed E-state index contributed by atoms with van der Waals surface area (Å²) >= 11 is 0. The van der Waals surface area contributed by atoms with Gasteiger partial charge in [-0.3, -0.25) is 14.6 Å². The van der Waals surface area contributed by atoms with Crippen LogP contribution in [-0.4, -0.2) is 52.8 Å². The molecule has 1 aromatic rings. The molecule has 1 unspecified atom stereocenters. The molecule has 0 spiro atoms. The fraction of sp³-hybridized carbons (Fsp3) is 0.650. The van der Waals surface area contributed by atoms with Crippen molar-refractivity contribution in [2.75, 3.05) is 26.2 Å². The molecule has 2 aliphatic rings. The van der Waals surface area contributed by atoms with Crippen molar-refractivity contribution in [2.24, 2.45) is 5.92 Å².